The van der Waals surface area contributed by atoms with E-state index in [2.05, 4.69) is 10.4 Å². The van der Waals surface area contributed by atoms with Crippen LogP contribution in [-0.2, 0) is 0 Å². The molecule has 0 radical (unpaired) electrons. The van der Waals surface area contributed by atoms with Crippen molar-refractivity contribution in [1.29, 1.82) is 0 Å². The zero-order valence-electron chi connectivity index (χ0n) is 11.1. The lowest BCUT2D eigenvalue weighted by molar-refractivity contribution is 0.623. The van der Waals surface area contributed by atoms with Gasteiger partial charge in [-0.15, -0.1) is 0 Å². The predicted molar refractivity (Wildman–Crippen MR) is 87.4 cm³/mol. The summed E-state index contributed by atoms with van der Waals surface area (Å²) in [4.78, 5) is 4.65. The lowest BCUT2D eigenvalue weighted by Gasteiger charge is -2.18. The molecule has 1 unspecified atom stereocenters. The number of benzene rings is 2. The van der Waals surface area contributed by atoms with E-state index in [9.17, 15) is 0 Å². The summed E-state index contributed by atoms with van der Waals surface area (Å²) >= 11 is 12.3. The van der Waals surface area contributed by atoms with Crippen molar-refractivity contribution in [3.05, 3.63) is 75.9 Å². The summed E-state index contributed by atoms with van der Waals surface area (Å²) in [5.41, 5.74) is 5.26. The van der Waals surface area contributed by atoms with E-state index in [0.717, 1.165) is 22.2 Å². The van der Waals surface area contributed by atoms with E-state index in [1.807, 2.05) is 36.4 Å². The molecular weight excluding hydrogens is 305 g/mol. The topological polar surface area (TPSA) is 50.9 Å². The number of halogens is 2. The molecule has 21 heavy (non-hydrogen) atoms. The molecule has 1 atom stereocenters. The maximum atomic E-state index is 6.26. The number of nitrogens with two attached hydrogens (primary N) is 1. The zero-order chi connectivity index (χ0) is 14.8. The first-order valence-electron chi connectivity index (χ1n) is 6.46. The minimum absolute atomic E-state index is 0.319. The van der Waals surface area contributed by atoms with Crippen LogP contribution in [0.3, 0.4) is 0 Å². The van der Waals surface area contributed by atoms with E-state index in [1.54, 1.807) is 18.2 Å². The number of hydrazine groups is 1. The van der Waals surface area contributed by atoms with Gasteiger partial charge in [-0.3, -0.25) is 10.8 Å². The van der Waals surface area contributed by atoms with Crippen molar-refractivity contribution in [1.82, 2.24) is 10.4 Å². The summed E-state index contributed by atoms with van der Waals surface area (Å²) in [6, 6.07) is 16.8. The molecule has 1 heterocycles. The monoisotopic (exact) mass is 317 g/mol. The molecule has 3 aromatic rings. The van der Waals surface area contributed by atoms with Gasteiger partial charge < -0.3 is 0 Å². The number of rotatable bonds is 3. The number of hydrogen-bond donors (Lipinski definition) is 2. The van der Waals surface area contributed by atoms with Gasteiger partial charge in [0.05, 0.1) is 17.3 Å². The number of hydrogen-bond acceptors (Lipinski definition) is 3. The molecule has 0 aliphatic carbocycles. The van der Waals surface area contributed by atoms with Crippen LogP contribution in [-0.4, -0.2) is 4.98 Å². The van der Waals surface area contributed by atoms with Gasteiger partial charge in [-0.2, -0.15) is 0 Å². The highest BCUT2D eigenvalue weighted by atomic mass is 35.5. The first kappa shape index (κ1) is 14.3. The largest absolute Gasteiger partial charge is 0.271 e. The second kappa shape index (κ2) is 6.00. The Morgan fingerprint density at radius 1 is 1.00 bits per heavy atom. The Balaban J connectivity index is 2.11. The van der Waals surface area contributed by atoms with Gasteiger partial charge in [-0.05, 0) is 35.9 Å². The first-order chi connectivity index (χ1) is 10.2. The fraction of sp³-hybridized carbons (Fsp3) is 0.0625. The summed E-state index contributed by atoms with van der Waals surface area (Å²) in [5, 5.41) is 2.28. The molecule has 2 aromatic carbocycles. The molecule has 0 bridgehead atoms. The molecule has 3 nitrogen and oxygen atoms in total. The van der Waals surface area contributed by atoms with Crippen LogP contribution < -0.4 is 11.3 Å². The van der Waals surface area contributed by atoms with Gasteiger partial charge in [0.25, 0.3) is 0 Å². The smallest absolute Gasteiger partial charge is 0.0896 e. The Hall–Kier alpha value is -1.65. The van der Waals surface area contributed by atoms with Crippen molar-refractivity contribution in [2.24, 2.45) is 5.84 Å². The molecule has 0 amide bonds. The van der Waals surface area contributed by atoms with Crippen LogP contribution in [0.1, 0.15) is 17.3 Å². The second-order valence-corrected chi connectivity index (χ2v) is 5.54. The number of aromatic nitrogens is 1. The summed E-state index contributed by atoms with van der Waals surface area (Å²) in [6.07, 6.45) is 0. The highest BCUT2D eigenvalue weighted by molar-refractivity contribution is 6.33. The van der Waals surface area contributed by atoms with Crippen molar-refractivity contribution < 1.29 is 0 Å². The highest BCUT2D eigenvalue weighted by Crippen LogP contribution is 2.30. The highest BCUT2D eigenvalue weighted by Gasteiger charge is 2.17. The fourth-order valence-corrected chi connectivity index (χ4v) is 2.72. The number of nitrogens with zero attached hydrogens (tertiary/aromatic N) is 1. The SMILES string of the molecule is NNC(c1ccc2ccccc2n1)c1cc(Cl)ccc1Cl. The zero-order valence-corrected chi connectivity index (χ0v) is 12.6. The summed E-state index contributed by atoms with van der Waals surface area (Å²) < 4.78 is 0. The Kier molecular flexibility index (Phi) is 4.08. The summed E-state index contributed by atoms with van der Waals surface area (Å²) in [5.74, 6) is 5.71. The minimum Gasteiger partial charge on any atom is -0.271 e. The Morgan fingerprint density at radius 2 is 1.81 bits per heavy atom. The maximum Gasteiger partial charge on any atom is 0.0896 e. The van der Waals surface area contributed by atoms with Crippen LogP contribution in [0, 0.1) is 0 Å². The molecule has 106 valence electrons. The molecule has 1 aromatic heterocycles. The molecule has 0 fully saturated rings. The third-order valence-electron chi connectivity index (χ3n) is 3.35. The van der Waals surface area contributed by atoms with Crippen molar-refractivity contribution in [2.75, 3.05) is 0 Å². The lowest BCUT2D eigenvalue weighted by atomic mass is 10.0. The third kappa shape index (κ3) is 2.87. The number of pyridine rings is 1. The molecule has 0 saturated carbocycles. The standard InChI is InChI=1S/C16H13Cl2N3/c17-11-6-7-13(18)12(9-11)16(21-19)15-8-5-10-3-1-2-4-14(10)20-15/h1-9,16,21H,19H2. The van der Waals surface area contributed by atoms with Crippen LogP contribution in [0.5, 0.6) is 0 Å². The summed E-state index contributed by atoms with van der Waals surface area (Å²) in [6.45, 7) is 0. The molecule has 0 saturated heterocycles. The second-order valence-electron chi connectivity index (χ2n) is 4.69. The quantitative estimate of drug-likeness (QED) is 0.565. The Bertz CT molecular complexity index is 789. The van der Waals surface area contributed by atoms with Crippen molar-refractivity contribution in [3.63, 3.8) is 0 Å². The number of para-hydroxylation sites is 1. The van der Waals surface area contributed by atoms with Gasteiger partial charge in [0, 0.05) is 15.4 Å². The lowest BCUT2D eigenvalue weighted by Crippen LogP contribution is -2.29. The van der Waals surface area contributed by atoms with Crippen LogP contribution in [0.25, 0.3) is 10.9 Å². The van der Waals surface area contributed by atoms with Gasteiger partial charge in [-0.25, -0.2) is 5.43 Å². The third-order valence-corrected chi connectivity index (χ3v) is 3.93. The number of nitrogens with one attached hydrogen (secondary N) is 1. The maximum absolute atomic E-state index is 6.26. The van der Waals surface area contributed by atoms with Crippen LogP contribution in [0.4, 0.5) is 0 Å². The van der Waals surface area contributed by atoms with E-state index in [1.165, 1.54) is 0 Å². The van der Waals surface area contributed by atoms with Gasteiger partial charge >= 0.3 is 0 Å². The fourth-order valence-electron chi connectivity index (χ4n) is 2.31. The molecule has 0 aliphatic rings. The average Bonchev–Trinajstić information content (AvgIpc) is 2.51. The molecule has 3 rings (SSSR count). The van der Waals surface area contributed by atoms with Gasteiger partial charge in [0.2, 0.25) is 0 Å². The molecule has 5 heteroatoms. The molecule has 0 aliphatic heterocycles. The van der Waals surface area contributed by atoms with Gasteiger partial charge in [0.1, 0.15) is 0 Å². The van der Waals surface area contributed by atoms with E-state index < -0.39 is 0 Å². The van der Waals surface area contributed by atoms with Gasteiger partial charge in [0.15, 0.2) is 0 Å². The first-order valence-corrected chi connectivity index (χ1v) is 7.21. The van der Waals surface area contributed by atoms with Crippen LogP contribution >= 0.6 is 23.2 Å². The molecule has 0 spiro atoms. The number of fused-ring (bicyclic) bond motifs is 1. The van der Waals surface area contributed by atoms with E-state index in [-0.39, 0.29) is 6.04 Å². The predicted octanol–water partition coefficient (Wildman–Crippen LogP) is 4.09. The molecular formula is C16H13Cl2N3. The minimum atomic E-state index is -0.319. The van der Waals surface area contributed by atoms with Crippen molar-refractivity contribution >= 4 is 34.1 Å². The van der Waals surface area contributed by atoms with Crippen molar-refractivity contribution in [2.45, 2.75) is 6.04 Å². The van der Waals surface area contributed by atoms with Crippen molar-refractivity contribution in [3.8, 4) is 0 Å². The summed E-state index contributed by atoms with van der Waals surface area (Å²) in [7, 11) is 0. The average molecular weight is 318 g/mol. The van der Waals surface area contributed by atoms with E-state index in [0.29, 0.717) is 10.0 Å². The van der Waals surface area contributed by atoms with E-state index >= 15 is 0 Å². The van der Waals surface area contributed by atoms with Crippen LogP contribution in [0.2, 0.25) is 10.0 Å². The van der Waals surface area contributed by atoms with Gasteiger partial charge in [-0.1, -0.05) is 47.5 Å². The Morgan fingerprint density at radius 3 is 2.62 bits per heavy atom. The Labute approximate surface area is 132 Å². The molecule has 3 N–H and O–H groups in total. The normalized spacial score (nSPS) is 12.5. The van der Waals surface area contributed by atoms with E-state index in [4.69, 9.17) is 29.0 Å². The van der Waals surface area contributed by atoms with Crippen LogP contribution in [0.15, 0.2) is 54.6 Å².